The fraction of sp³-hybridized carbons (Fsp3) is 0.556. The minimum absolute atomic E-state index is 0.109. The van der Waals surface area contributed by atoms with E-state index in [4.69, 9.17) is 17.3 Å². The molecule has 0 unspecified atom stereocenters. The van der Waals surface area contributed by atoms with Gasteiger partial charge in [0.05, 0.1) is 5.02 Å². The van der Waals surface area contributed by atoms with Crippen molar-refractivity contribution in [2.45, 2.75) is 26.3 Å². The number of hydrogen-bond donors (Lipinski definition) is 1. The highest BCUT2D eigenvalue weighted by Crippen LogP contribution is 2.30. The summed E-state index contributed by atoms with van der Waals surface area (Å²) in [6.45, 7) is 4.34. The van der Waals surface area contributed by atoms with E-state index in [-0.39, 0.29) is 6.04 Å². The lowest BCUT2D eigenvalue weighted by molar-refractivity contribution is 0.515. The summed E-state index contributed by atoms with van der Waals surface area (Å²) in [5, 5.41) is 2.80. The minimum Gasteiger partial charge on any atom is -0.323 e. The highest BCUT2D eigenvalue weighted by Gasteiger charge is 2.12. The van der Waals surface area contributed by atoms with E-state index in [0.717, 1.165) is 16.3 Å². The van der Waals surface area contributed by atoms with E-state index >= 15 is 0 Å². The van der Waals surface area contributed by atoms with Crippen LogP contribution in [0.15, 0.2) is 11.4 Å². The summed E-state index contributed by atoms with van der Waals surface area (Å²) in [6, 6.07) is 2.01. The van der Waals surface area contributed by atoms with Crippen molar-refractivity contribution >= 4 is 22.9 Å². The second-order valence-electron chi connectivity index (χ2n) is 3.37. The third-order valence-corrected chi connectivity index (χ3v) is 3.20. The molecule has 1 nitrogen and oxygen atoms in total. The minimum atomic E-state index is 0.109. The third-order valence-electron chi connectivity index (χ3n) is 1.71. The molecule has 0 aliphatic carbocycles. The fourth-order valence-electron chi connectivity index (χ4n) is 1.18. The standard InChI is InChI=1S/C9H14ClNS/c1-6(2)5-8(11)9-7(10)3-4-12-9/h3-4,6,8H,5,11H2,1-2H3/t8-/m1/s1. The molecule has 0 saturated heterocycles. The first-order valence-electron chi connectivity index (χ1n) is 4.09. The molecule has 12 heavy (non-hydrogen) atoms. The lowest BCUT2D eigenvalue weighted by Gasteiger charge is -2.12. The predicted molar refractivity (Wildman–Crippen MR) is 55.7 cm³/mol. The third kappa shape index (κ3) is 2.47. The molecule has 2 N–H and O–H groups in total. The number of rotatable bonds is 3. The second kappa shape index (κ2) is 4.26. The van der Waals surface area contributed by atoms with Crippen LogP contribution in [0.1, 0.15) is 31.2 Å². The van der Waals surface area contributed by atoms with Crippen LogP contribution in [-0.4, -0.2) is 0 Å². The van der Waals surface area contributed by atoms with Gasteiger partial charge in [-0.1, -0.05) is 25.4 Å². The van der Waals surface area contributed by atoms with Gasteiger partial charge in [-0.2, -0.15) is 0 Å². The molecule has 68 valence electrons. The van der Waals surface area contributed by atoms with Crippen LogP contribution >= 0.6 is 22.9 Å². The Morgan fingerprint density at radius 1 is 1.58 bits per heavy atom. The van der Waals surface area contributed by atoms with Crippen LogP contribution in [0.3, 0.4) is 0 Å². The van der Waals surface area contributed by atoms with Crippen molar-refractivity contribution < 1.29 is 0 Å². The Morgan fingerprint density at radius 3 is 2.67 bits per heavy atom. The van der Waals surface area contributed by atoms with E-state index in [1.807, 2.05) is 11.4 Å². The lowest BCUT2D eigenvalue weighted by Crippen LogP contribution is -2.11. The van der Waals surface area contributed by atoms with Gasteiger partial charge in [0.25, 0.3) is 0 Å². The Labute approximate surface area is 82.5 Å². The number of thiophene rings is 1. The van der Waals surface area contributed by atoms with Crippen molar-refractivity contribution in [1.82, 2.24) is 0 Å². The van der Waals surface area contributed by atoms with Crippen LogP contribution in [0.5, 0.6) is 0 Å². The van der Waals surface area contributed by atoms with Gasteiger partial charge in [0.1, 0.15) is 0 Å². The molecular weight excluding hydrogens is 190 g/mol. The molecule has 1 rings (SSSR count). The van der Waals surface area contributed by atoms with E-state index in [2.05, 4.69) is 13.8 Å². The molecule has 1 aromatic rings. The van der Waals surface area contributed by atoms with E-state index in [1.165, 1.54) is 0 Å². The van der Waals surface area contributed by atoms with Gasteiger partial charge in [0.2, 0.25) is 0 Å². The fourth-order valence-corrected chi connectivity index (χ4v) is 2.40. The molecule has 0 bridgehead atoms. The second-order valence-corrected chi connectivity index (χ2v) is 4.72. The maximum atomic E-state index is 5.97. The normalized spacial score (nSPS) is 13.8. The van der Waals surface area contributed by atoms with Crippen LogP contribution in [0.4, 0.5) is 0 Å². The average molecular weight is 204 g/mol. The first kappa shape index (κ1) is 10.0. The van der Waals surface area contributed by atoms with Crippen molar-refractivity contribution in [3.8, 4) is 0 Å². The SMILES string of the molecule is CC(C)C[C@@H](N)c1sccc1Cl. The van der Waals surface area contributed by atoms with E-state index in [1.54, 1.807) is 11.3 Å². The molecular formula is C9H14ClNS. The van der Waals surface area contributed by atoms with Crippen LogP contribution in [0.25, 0.3) is 0 Å². The first-order chi connectivity index (χ1) is 5.61. The molecule has 0 saturated carbocycles. The van der Waals surface area contributed by atoms with Gasteiger partial charge in [-0.25, -0.2) is 0 Å². The first-order valence-corrected chi connectivity index (χ1v) is 5.35. The van der Waals surface area contributed by atoms with Gasteiger partial charge in [0.15, 0.2) is 0 Å². The largest absolute Gasteiger partial charge is 0.323 e. The maximum absolute atomic E-state index is 5.97. The number of nitrogens with two attached hydrogens (primary N) is 1. The Kier molecular flexibility index (Phi) is 3.56. The molecule has 0 aliphatic rings. The summed E-state index contributed by atoms with van der Waals surface area (Å²) in [5.74, 6) is 0.623. The summed E-state index contributed by atoms with van der Waals surface area (Å²) >= 11 is 7.59. The predicted octanol–water partition coefficient (Wildman–Crippen LogP) is 3.45. The molecule has 0 spiro atoms. The Hall–Kier alpha value is -0.0500. The molecule has 1 atom stereocenters. The lowest BCUT2D eigenvalue weighted by atomic mass is 10.0. The van der Waals surface area contributed by atoms with Crippen LogP contribution in [0.2, 0.25) is 5.02 Å². The smallest absolute Gasteiger partial charge is 0.0561 e. The molecule has 0 radical (unpaired) electrons. The van der Waals surface area contributed by atoms with Crippen LogP contribution in [-0.2, 0) is 0 Å². The molecule has 0 amide bonds. The Bertz CT molecular complexity index is 244. The van der Waals surface area contributed by atoms with E-state index in [9.17, 15) is 0 Å². The van der Waals surface area contributed by atoms with Gasteiger partial charge < -0.3 is 5.73 Å². The number of halogens is 1. The van der Waals surface area contributed by atoms with Gasteiger partial charge in [-0.3, -0.25) is 0 Å². The Morgan fingerprint density at radius 2 is 2.25 bits per heavy atom. The topological polar surface area (TPSA) is 26.0 Å². The quantitative estimate of drug-likeness (QED) is 0.800. The molecule has 0 aliphatic heterocycles. The molecule has 3 heteroatoms. The van der Waals surface area contributed by atoms with Crippen molar-refractivity contribution in [2.24, 2.45) is 11.7 Å². The zero-order chi connectivity index (χ0) is 9.14. The summed E-state index contributed by atoms with van der Waals surface area (Å²) in [5.41, 5.74) is 5.97. The Balaban J connectivity index is 2.65. The monoisotopic (exact) mass is 203 g/mol. The zero-order valence-electron chi connectivity index (χ0n) is 7.38. The van der Waals surface area contributed by atoms with Crippen molar-refractivity contribution in [3.63, 3.8) is 0 Å². The summed E-state index contributed by atoms with van der Waals surface area (Å²) in [4.78, 5) is 1.12. The van der Waals surface area contributed by atoms with E-state index < -0.39 is 0 Å². The summed E-state index contributed by atoms with van der Waals surface area (Å²) in [6.07, 6.45) is 1.00. The molecule has 0 aromatic carbocycles. The molecule has 1 heterocycles. The maximum Gasteiger partial charge on any atom is 0.0561 e. The van der Waals surface area contributed by atoms with Crippen molar-refractivity contribution in [2.75, 3.05) is 0 Å². The highest BCUT2D eigenvalue weighted by atomic mass is 35.5. The van der Waals surface area contributed by atoms with Gasteiger partial charge in [-0.05, 0) is 23.8 Å². The molecule has 0 fully saturated rings. The van der Waals surface area contributed by atoms with Gasteiger partial charge in [-0.15, -0.1) is 11.3 Å². The molecule has 1 aromatic heterocycles. The van der Waals surface area contributed by atoms with E-state index in [0.29, 0.717) is 5.92 Å². The van der Waals surface area contributed by atoms with Crippen molar-refractivity contribution in [3.05, 3.63) is 21.3 Å². The average Bonchev–Trinajstić information content (AvgIpc) is 2.33. The summed E-state index contributed by atoms with van der Waals surface area (Å²) in [7, 11) is 0. The van der Waals surface area contributed by atoms with Crippen LogP contribution < -0.4 is 5.73 Å². The zero-order valence-corrected chi connectivity index (χ0v) is 8.95. The highest BCUT2D eigenvalue weighted by molar-refractivity contribution is 7.10. The van der Waals surface area contributed by atoms with Crippen LogP contribution in [0, 0.1) is 5.92 Å². The van der Waals surface area contributed by atoms with Crippen molar-refractivity contribution in [1.29, 1.82) is 0 Å². The van der Waals surface area contributed by atoms with Gasteiger partial charge >= 0.3 is 0 Å². The summed E-state index contributed by atoms with van der Waals surface area (Å²) < 4.78 is 0. The number of hydrogen-bond acceptors (Lipinski definition) is 2. The van der Waals surface area contributed by atoms with Gasteiger partial charge in [0, 0.05) is 10.9 Å².